The average Bonchev–Trinajstić information content (AvgIpc) is 2.83. The van der Waals surface area contributed by atoms with Crippen molar-refractivity contribution in [2.75, 3.05) is 16.8 Å². The Morgan fingerprint density at radius 3 is 2.53 bits per heavy atom. The predicted octanol–water partition coefficient (Wildman–Crippen LogP) is 5.24. The van der Waals surface area contributed by atoms with Gasteiger partial charge in [-0.2, -0.15) is 4.98 Å². The van der Waals surface area contributed by atoms with Gasteiger partial charge in [0.2, 0.25) is 5.95 Å². The van der Waals surface area contributed by atoms with Crippen LogP contribution in [0.25, 0.3) is 11.3 Å². The van der Waals surface area contributed by atoms with Gasteiger partial charge < -0.3 is 10.2 Å². The largest absolute Gasteiger partial charge is 0.350 e. The van der Waals surface area contributed by atoms with Crippen LogP contribution in [-0.2, 0) is 13.0 Å². The van der Waals surface area contributed by atoms with Crippen molar-refractivity contribution in [2.24, 2.45) is 0 Å². The number of nitrogens with zero attached hydrogens (tertiary/aromatic N) is 4. The van der Waals surface area contributed by atoms with E-state index in [0.717, 1.165) is 42.0 Å². The Hall–Kier alpha value is -3.73. The second-order valence-corrected chi connectivity index (χ2v) is 7.39. The number of fused-ring (bicyclic) bond motifs is 1. The third kappa shape index (κ3) is 3.87. The fourth-order valence-corrected chi connectivity index (χ4v) is 3.86. The van der Waals surface area contributed by atoms with E-state index < -0.39 is 0 Å². The molecule has 2 aromatic heterocycles. The molecule has 1 N–H and O–H groups in total. The minimum atomic E-state index is 0.631. The van der Waals surface area contributed by atoms with Crippen LogP contribution in [0, 0.1) is 0 Å². The highest BCUT2D eigenvalue weighted by molar-refractivity contribution is 5.71. The molecule has 30 heavy (non-hydrogen) atoms. The molecule has 3 heterocycles. The standard InChI is InChI=1S/C25H23N5/c1-2-7-20(8-3-1)22-17-24(30-16-6-10-21-9-4-5-11-23(21)30)29-25(28-22)27-18-19-12-14-26-15-13-19/h1-5,7-9,11-15,17H,6,10,16,18H2,(H,27,28,29). The van der Waals surface area contributed by atoms with E-state index in [1.807, 2.05) is 30.3 Å². The zero-order chi connectivity index (χ0) is 20.2. The number of rotatable bonds is 5. The highest BCUT2D eigenvalue weighted by Crippen LogP contribution is 2.34. The van der Waals surface area contributed by atoms with E-state index in [4.69, 9.17) is 9.97 Å². The summed E-state index contributed by atoms with van der Waals surface area (Å²) in [6, 6.07) is 25.0. The fourth-order valence-electron chi connectivity index (χ4n) is 3.86. The van der Waals surface area contributed by atoms with Crippen molar-refractivity contribution >= 4 is 17.5 Å². The Balaban J connectivity index is 1.53. The summed E-state index contributed by atoms with van der Waals surface area (Å²) in [7, 11) is 0. The third-order valence-corrected chi connectivity index (χ3v) is 5.37. The predicted molar refractivity (Wildman–Crippen MR) is 121 cm³/mol. The van der Waals surface area contributed by atoms with Crippen molar-refractivity contribution in [1.82, 2.24) is 15.0 Å². The van der Waals surface area contributed by atoms with Gasteiger partial charge in [0.1, 0.15) is 5.82 Å². The van der Waals surface area contributed by atoms with Crippen LogP contribution in [0.2, 0.25) is 0 Å². The van der Waals surface area contributed by atoms with E-state index in [1.54, 1.807) is 12.4 Å². The fraction of sp³-hybridized carbons (Fsp3) is 0.160. The molecule has 0 amide bonds. The second kappa shape index (κ2) is 8.33. The normalized spacial score (nSPS) is 13.0. The molecule has 4 aromatic rings. The molecule has 1 aliphatic heterocycles. The number of hydrogen-bond donors (Lipinski definition) is 1. The van der Waals surface area contributed by atoms with Crippen LogP contribution in [-0.4, -0.2) is 21.5 Å². The zero-order valence-electron chi connectivity index (χ0n) is 16.7. The van der Waals surface area contributed by atoms with Crippen LogP contribution in [0.3, 0.4) is 0 Å². The van der Waals surface area contributed by atoms with Crippen LogP contribution in [0.4, 0.5) is 17.5 Å². The molecule has 5 nitrogen and oxygen atoms in total. The van der Waals surface area contributed by atoms with E-state index in [0.29, 0.717) is 12.5 Å². The van der Waals surface area contributed by atoms with Gasteiger partial charge in [-0.05, 0) is 42.2 Å². The molecule has 5 heteroatoms. The number of benzene rings is 2. The smallest absolute Gasteiger partial charge is 0.225 e. The van der Waals surface area contributed by atoms with Gasteiger partial charge in [0.25, 0.3) is 0 Å². The second-order valence-electron chi connectivity index (χ2n) is 7.39. The lowest BCUT2D eigenvalue weighted by Crippen LogP contribution is -2.25. The van der Waals surface area contributed by atoms with Gasteiger partial charge in [-0.25, -0.2) is 4.98 Å². The maximum Gasteiger partial charge on any atom is 0.225 e. The molecule has 2 aromatic carbocycles. The quantitative estimate of drug-likeness (QED) is 0.503. The lowest BCUT2D eigenvalue weighted by molar-refractivity contribution is 0.759. The Morgan fingerprint density at radius 1 is 0.867 bits per heavy atom. The number of hydrogen-bond acceptors (Lipinski definition) is 5. The number of anilines is 3. The molecule has 0 fully saturated rings. The molecular formula is C25H23N5. The molecule has 5 rings (SSSR count). The summed E-state index contributed by atoms with van der Waals surface area (Å²) in [4.78, 5) is 16.1. The van der Waals surface area contributed by atoms with Crippen molar-refractivity contribution < 1.29 is 0 Å². The molecule has 0 radical (unpaired) electrons. The Kier molecular flexibility index (Phi) is 5.08. The van der Waals surface area contributed by atoms with Crippen molar-refractivity contribution in [3.05, 3.63) is 96.3 Å². The van der Waals surface area contributed by atoms with Gasteiger partial charge in [-0.3, -0.25) is 4.98 Å². The van der Waals surface area contributed by atoms with Crippen LogP contribution < -0.4 is 10.2 Å². The lowest BCUT2D eigenvalue weighted by Gasteiger charge is -2.30. The maximum absolute atomic E-state index is 4.88. The molecular weight excluding hydrogens is 370 g/mol. The van der Waals surface area contributed by atoms with Crippen molar-refractivity contribution in [2.45, 2.75) is 19.4 Å². The highest BCUT2D eigenvalue weighted by atomic mass is 15.2. The first-order chi connectivity index (χ1) is 14.9. The summed E-state index contributed by atoms with van der Waals surface area (Å²) in [5, 5.41) is 3.40. The minimum absolute atomic E-state index is 0.631. The van der Waals surface area contributed by atoms with Gasteiger partial charge >= 0.3 is 0 Å². The van der Waals surface area contributed by atoms with Gasteiger partial charge in [0.15, 0.2) is 0 Å². The lowest BCUT2D eigenvalue weighted by atomic mass is 10.0. The number of nitrogens with one attached hydrogen (secondary N) is 1. The van der Waals surface area contributed by atoms with Crippen LogP contribution >= 0.6 is 0 Å². The number of para-hydroxylation sites is 1. The van der Waals surface area contributed by atoms with E-state index in [9.17, 15) is 0 Å². The molecule has 0 saturated carbocycles. The molecule has 0 spiro atoms. The van der Waals surface area contributed by atoms with E-state index in [-0.39, 0.29) is 0 Å². The van der Waals surface area contributed by atoms with Crippen LogP contribution in [0.15, 0.2) is 85.2 Å². The Labute approximate surface area is 176 Å². The molecule has 0 atom stereocenters. The van der Waals surface area contributed by atoms with Gasteiger partial charge in [0, 0.05) is 42.8 Å². The molecule has 0 unspecified atom stereocenters. The zero-order valence-corrected chi connectivity index (χ0v) is 16.7. The van der Waals surface area contributed by atoms with E-state index >= 15 is 0 Å². The first kappa shape index (κ1) is 18.3. The Morgan fingerprint density at radius 2 is 1.67 bits per heavy atom. The summed E-state index contributed by atoms with van der Waals surface area (Å²) in [5.41, 5.74) is 5.75. The maximum atomic E-state index is 4.88. The van der Waals surface area contributed by atoms with Crippen LogP contribution in [0.5, 0.6) is 0 Å². The first-order valence-corrected chi connectivity index (χ1v) is 10.3. The average molecular weight is 393 g/mol. The van der Waals surface area contributed by atoms with Gasteiger partial charge in [-0.15, -0.1) is 0 Å². The van der Waals surface area contributed by atoms with E-state index in [1.165, 1.54) is 11.3 Å². The highest BCUT2D eigenvalue weighted by Gasteiger charge is 2.20. The van der Waals surface area contributed by atoms with E-state index in [2.05, 4.69) is 57.7 Å². The molecule has 0 aliphatic carbocycles. The molecule has 0 saturated heterocycles. The van der Waals surface area contributed by atoms with Crippen molar-refractivity contribution in [3.8, 4) is 11.3 Å². The molecule has 0 bridgehead atoms. The van der Waals surface area contributed by atoms with Crippen LogP contribution in [0.1, 0.15) is 17.5 Å². The minimum Gasteiger partial charge on any atom is -0.350 e. The molecule has 148 valence electrons. The summed E-state index contributed by atoms with van der Waals surface area (Å²) < 4.78 is 0. The summed E-state index contributed by atoms with van der Waals surface area (Å²) in [6.45, 7) is 1.60. The first-order valence-electron chi connectivity index (χ1n) is 10.3. The Bertz CT molecular complexity index is 1130. The topological polar surface area (TPSA) is 53.9 Å². The number of pyridine rings is 1. The van der Waals surface area contributed by atoms with Crippen molar-refractivity contribution in [1.29, 1.82) is 0 Å². The number of aromatic nitrogens is 3. The van der Waals surface area contributed by atoms with Gasteiger partial charge in [-0.1, -0.05) is 48.5 Å². The van der Waals surface area contributed by atoms with Gasteiger partial charge in [0.05, 0.1) is 5.69 Å². The summed E-state index contributed by atoms with van der Waals surface area (Å²) in [6.07, 6.45) is 5.82. The SMILES string of the molecule is c1ccc(-c2cc(N3CCCc4ccccc43)nc(NCc3ccncc3)n2)cc1. The number of aryl methyl sites for hydroxylation is 1. The summed E-state index contributed by atoms with van der Waals surface area (Å²) in [5.74, 6) is 1.56. The monoisotopic (exact) mass is 393 g/mol. The molecule has 1 aliphatic rings. The van der Waals surface area contributed by atoms with Crippen molar-refractivity contribution in [3.63, 3.8) is 0 Å². The summed E-state index contributed by atoms with van der Waals surface area (Å²) >= 11 is 0. The third-order valence-electron chi connectivity index (χ3n) is 5.37.